The summed E-state index contributed by atoms with van der Waals surface area (Å²) in [6.45, 7) is 3.37. The van der Waals surface area contributed by atoms with E-state index < -0.39 is 0 Å². The van der Waals surface area contributed by atoms with Crippen molar-refractivity contribution in [1.82, 2.24) is 0 Å². The molecule has 0 aliphatic rings. The predicted octanol–water partition coefficient (Wildman–Crippen LogP) is 4.16. The van der Waals surface area contributed by atoms with Crippen LogP contribution in [0.1, 0.15) is 31.8 Å². The minimum Gasteiger partial charge on any atom is -0.321 e. The number of hydrogen-bond donors (Lipinski definition) is 1. The third-order valence-electron chi connectivity index (χ3n) is 2.61. The van der Waals surface area contributed by atoms with Crippen molar-refractivity contribution in [2.45, 2.75) is 13.8 Å². The number of carbonyl (C=O) groups is 2. The van der Waals surface area contributed by atoms with Crippen molar-refractivity contribution >= 4 is 40.3 Å². The molecule has 2 rings (SSSR count). The van der Waals surface area contributed by atoms with Crippen LogP contribution < -0.4 is 5.32 Å². The van der Waals surface area contributed by atoms with Gasteiger partial charge in [0.1, 0.15) is 0 Å². The van der Waals surface area contributed by atoms with E-state index in [1.807, 2.05) is 13.0 Å². The van der Waals surface area contributed by atoms with Crippen molar-refractivity contribution < 1.29 is 9.59 Å². The van der Waals surface area contributed by atoms with Gasteiger partial charge in [-0.2, -0.15) is 0 Å². The van der Waals surface area contributed by atoms with Gasteiger partial charge in [-0.15, -0.1) is 11.3 Å². The van der Waals surface area contributed by atoms with E-state index in [1.165, 1.54) is 18.3 Å². The highest BCUT2D eigenvalue weighted by molar-refractivity contribution is 7.16. The first-order chi connectivity index (χ1) is 8.97. The summed E-state index contributed by atoms with van der Waals surface area (Å²) >= 11 is 7.18. The third kappa shape index (κ3) is 3.22. The van der Waals surface area contributed by atoms with E-state index in [4.69, 9.17) is 11.6 Å². The van der Waals surface area contributed by atoms with Gasteiger partial charge in [-0.05, 0) is 43.7 Å². The molecule has 0 unspecified atom stereocenters. The number of amides is 1. The maximum absolute atomic E-state index is 12.0. The maximum atomic E-state index is 12.0. The fourth-order valence-corrected chi connectivity index (χ4v) is 2.49. The van der Waals surface area contributed by atoms with Crippen LogP contribution in [0.3, 0.4) is 0 Å². The first-order valence-electron chi connectivity index (χ1n) is 5.65. The quantitative estimate of drug-likeness (QED) is 0.864. The average Bonchev–Trinajstić information content (AvgIpc) is 2.83. The van der Waals surface area contributed by atoms with Crippen LogP contribution in [0.15, 0.2) is 30.3 Å². The second-order valence-electron chi connectivity index (χ2n) is 4.14. The second kappa shape index (κ2) is 5.55. The standard InChI is InChI=1S/C14H12ClNO2S/c1-8-3-4-10(7-11(8)15)16-14(18)13-6-5-12(19-13)9(2)17/h3-7H,1-2H3,(H,16,18). The Hall–Kier alpha value is -1.65. The number of carbonyl (C=O) groups excluding carboxylic acids is 2. The molecule has 1 N–H and O–H groups in total. The molecule has 0 spiro atoms. The van der Waals surface area contributed by atoms with Gasteiger partial charge in [-0.3, -0.25) is 9.59 Å². The van der Waals surface area contributed by atoms with E-state index in [9.17, 15) is 9.59 Å². The predicted molar refractivity (Wildman–Crippen MR) is 78.5 cm³/mol. The van der Waals surface area contributed by atoms with Crippen LogP contribution in [0.5, 0.6) is 0 Å². The van der Waals surface area contributed by atoms with Crippen LogP contribution in [0, 0.1) is 6.92 Å². The molecule has 0 saturated heterocycles. The van der Waals surface area contributed by atoms with Gasteiger partial charge in [0.15, 0.2) is 5.78 Å². The Morgan fingerprint density at radius 2 is 1.84 bits per heavy atom. The molecule has 0 radical (unpaired) electrons. The molecule has 1 aromatic carbocycles. The Bertz CT molecular complexity index is 649. The lowest BCUT2D eigenvalue weighted by molar-refractivity contribution is 0.101. The number of hydrogen-bond acceptors (Lipinski definition) is 3. The zero-order chi connectivity index (χ0) is 14.0. The fourth-order valence-electron chi connectivity index (χ4n) is 1.51. The topological polar surface area (TPSA) is 46.2 Å². The van der Waals surface area contributed by atoms with E-state index in [2.05, 4.69) is 5.32 Å². The summed E-state index contributed by atoms with van der Waals surface area (Å²) in [5.74, 6) is -0.278. The minimum atomic E-state index is -0.239. The molecule has 2 aromatic rings. The van der Waals surface area contributed by atoms with E-state index in [-0.39, 0.29) is 11.7 Å². The van der Waals surface area contributed by atoms with E-state index in [0.717, 1.165) is 5.56 Å². The lowest BCUT2D eigenvalue weighted by Gasteiger charge is -2.05. The SMILES string of the molecule is CC(=O)c1ccc(C(=O)Nc2ccc(C)c(Cl)c2)s1. The highest BCUT2D eigenvalue weighted by atomic mass is 35.5. The second-order valence-corrected chi connectivity index (χ2v) is 5.63. The van der Waals surface area contributed by atoms with Crippen LogP contribution in [-0.4, -0.2) is 11.7 Å². The Morgan fingerprint density at radius 3 is 2.42 bits per heavy atom. The zero-order valence-corrected chi connectivity index (χ0v) is 12.1. The van der Waals surface area contributed by atoms with Crippen molar-refractivity contribution in [1.29, 1.82) is 0 Å². The summed E-state index contributed by atoms with van der Waals surface area (Å²) in [6, 6.07) is 8.64. The van der Waals surface area contributed by atoms with Crippen LogP contribution in [0.2, 0.25) is 5.02 Å². The van der Waals surface area contributed by atoms with Gasteiger partial charge >= 0.3 is 0 Å². The molecule has 0 aliphatic carbocycles. The summed E-state index contributed by atoms with van der Waals surface area (Å²) in [5, 5.41) is 3.36. The lowest BCUT2D eigenvalue weighted by Crippen LogP contribution is -2.10. The van der Waals surface area contributed by atoms with E-state index >= 15 is 0 Å². The molecule has 0 atom stereocenters. The Kier molecular flexibility index (Phi) is 4.02. The summed E-state index contributed by atoms with van der Waals surface area (Å²) in [5.41, 5.74) is 1.59. The van der Waals surface area contributed by atoms with Gasteiger partial charge in [0.05, 0.1) is 9.75 Å². The van der Waals surface area contributed by atoms with Crippen molar-refractivity contribution in [3.63, 3.8) is 0 Å². The molecule has 1 aromatic heterocycles. The summed E-state index contributed by atoms with van der Waals surface area (Å²) < 4.78 is 0. The number of aryl methyl sites for hydroxylation is 1. The number of rotatable bonds is 3. The Morgan fingerprint density at radius 1 is 1.16 bits per heavy atom. The number of ketones is 1. The lowest BCUT2D eigenvalue weighted by atomic mass is 10.2. The Balaban J connectivity index is 2.15. The third-order valence-corrected chi connectivity index (χ3v) is 4.20. The number of anilines is 1. The number of Topliss-reactive ketones (excluding diaryl/α,β-unsaturated/α-hetero) is 1. The van der Waals surface area contributed by atoms with Crippen LogP contribution in [0.4, 0.5) is 5.69 Å². The maximum Gasteiger partial charge on any atom is 0.265 e. The molecule has 0 fully saturated rings. The molecule has 98 valence electrons. The molecule has 0 aliphatic heterocycles. The number of halogens is 1. The number of thiophene rings is 1. The van der Waals surface area contributed by atoms with Crippen molar-refractivity contribution in [3.05, 3.63) is 50.7 Å². The van der Waals surface area contributed by atoms with E-state index in [0.29, 0.717) is 20.5 Å². The number of benzene rings is 1. The van der Waals surface area contributed by atoms with Gasteiger partial charge in [-0.1, -0.05) is 17.7 Å². The average molecular weight is 294 g/mol. The van der Waals surface area contributed by atoms with Gasteiger partial charge in [-0.25, -0.2) is 0 Å². The molecule has 5 heteroatoms. The molecule has 19 heavy (non-hydrogen) atoms. The van der Waals surface area contributed by atoms with E-state index in [1.54, 1.807) is 24.3 Å². The summed E-state index contributed by atoms with van der Waals surface area (Å²) in [7, 11) is 0. The van der Waals surface area contributed by atoms with Gasteiger partial charge in [0, 0.05) is 10.7 Å². The van der Waals surface area contributed by atoms with Gasteiger partial charge in [0.2, 0.25) is 0 Å². The molecule has 1 amide bonds. The first kappa shape index (κ1) is 13.8. The highest BCUT2D eigenvalue weighted by Crippen LogP contribution is 2.22. The highest BCUT2D eigenvalue weighted by Gasteiger charge is 2.11. The molecule has 0 bridgehead atoms. The fraction of sp³-hybridized carbons (Fsp3) is 0.143. The molecular weight excluding hydrogens is 282 g/mol. The van der Waals surface area contributed by atoms with Crippen LogP contribution in [-0.2, 0) is 0 Å². The van der Waals surface area contributed by atoms with Gasteiger partial charge < -0.3 is 5.32 Å². The van der Waals surface area contributed by atoms with Gasteiger partial charge in [0.25, 0.3) is 5.91 Å². The van der Waals surface area contributed by atoms with Crippen molar-refractivity contribution in [2.75, 3.05) is 5.32 Å². The monoisotopic (exact) mass is 293 g/mol. The molecule has 3 nitrogen and oxygen atoms in total. The molecule has 0 saturated carbocycles. The first-order valence-corrected chi connectivity index (χ1v) is 6.85. The largest absolute Gasteiger partial charge is 0.321 e. The van der Waals surface area contributed by atoms with Crippen molar-refractivity contribution in [2.24, 2.45) is 0 Å². The molecular formula is C14H12ClNO2S. The summed E-state index contributed by atoms with van der Waals surface area (Å²) in [6.07, 6.45) is 0. The van der Waals surface area contributed by atoms with Crippen LogP contribution in [0.25, 0.3) is 0 Å². The zero-order valence-electron chi connectivity index (χ0n) is 10.5. The Labute approximate surface area is 120 Å². The summed E-state index contributed by atoms with van der Waals surface area (Å²) in [4.78, 5) is 24.3. The minimum absolute atomic E-state index is 0.0394. The number of nitrogens with one attached hydrogen (secondary N) is 1. The smallest absolute Gasteiger partial charge is 0.265 e. The van der Waals surface area contributed by atoms with Crippen LogP contribution >= 0.6 is 22.9 Å². The normalized spacial score (nSPS) is 10.3. The molecule has 1 heterocycles. The van der Waals surface area contributed by atoms with Crippen molar-refractivity contribution in [3.8, 4) is 0 Å².